The standard InChI is InChI=1S/C23H36N8O/c1-24-23(26-19-9-10-22-27-21(18-32-2)28-31(22)17-19)25-11-6-12-29-13-15-30(16-14-29)20-7-4-3-5-8-20/h3-5,7-8,19H,6,9-18H2,1-2H3,(H2,24,25,26). The minimum Gasteiger partial charge on any atom is -0.377 e. The molecule has 2 aliphatic rings. The first-order chi connectivity index (χ1) is 15.7. The van der Waals surface area contributed by atoms with Crippen LogP contribution in [0.3, 0.4) is 0 Å². The number of para-hydroxylation sites is 1. The van der Waals surface area contributed by atoms with Gasteiger partial charge in [-0.05, 0) is 31.5 Å². The highest BCUT2D eigenvalue weighted by Gasteiger charge is 2.22. The van der Waals surface area contributed by atoms with Crippen molar-refractivity contribution in [1.82, 2.24) is 30.3 Å². The number of fused-ring (bicyclic) bond motifs is 1. The lowest BCUT2D eigenvalue weighted by Crippen LogP contribution is -2.48. The fourth-order valence-corrected chi connectivity index (χ4v) is 4.43. The Labute approximate surface area is 190 Å². The predicted octanol–water partition coefficient (Wildman–Crippen LogP) is 1.12. The molecule has 0 radical (unpaired) electrons. The molecule has 1 unspecified atom stereocenters. The van der Waals surface area contributed by atoms with Crippen molar-refractivity contribution in [2.45, 2.75) is 38.5 Å². The van der Waals surface area contributed by atoms with Crippen LogP contribution in [0.4, 0.5) is 5.69 Å². The number of aliphatic imine (C=N–C) groups is 1. The fraction of sp³-hybridized carbons (Fsp3) is 0.609. The molecular formula is C23H36N8O. The molecular weight excluding hydrogens is 404 g/mol. The molecule has 9 heteroatoms. The van der Waals surface area contributed by atoms with Gasteiger partial charge in [0.2, 0.25) is 0 Å². The van der Waals surface area contributed by atoms with Gasteiger partial charge >= 0.3 is 0 Å². The van der Waals surface area contributed by atoms with E-state index in [-0.39, 0.29) is 0 Å². The van der Waals surface area contributed by atoms with Crippen LogP contribution in [0.2, 0.25) is 0 Å². The van der Waals surface area contributed by atoms with Crippen LogP contribution in [-0.2, 0) is 24.3 Å². The van der Waals surface area contributed by atoms with Gasteiger partial charge in [-0.15, -0.1) is 0 Å². The second-order valence-corrected chi connectivity index (χ2v) is 8.46. The summed E-state index contributed by atoms with van der Waals surface area (Å²) in [5, 5.41) is 11.6. The van der Waals surface area contributed by atoms with E-state index in [9.17, 15) is 0 Å². The van der Waals surface area contributed by atoms with E-state index in [1.165, 1.54) is 5.69 Å². The average Bonchev–Trinajstić information content (AvgIpc) is 3.24. The number of nitrogens with one attached hydrogen (secondary N) is 2. The molecule has 0 amide bonds. The molecule has 1 atom stereocenters. The van der Waals surface area contributed by atoms with Gasteiger partial charge in [-0.25, -0.2) is 9.67 Å². The number of piperazine rings is 1. The number of aromatic nitrogens is 3. The molecule has 2 aromatic rings. The Bertz CT molecular complexity index is 860. The Morgan fingerprint density at radius 1 is 1.19 bits per heavy atom. The molecule has 32 heavy (non-hydrogen) atoms. The average molecular weight is 441 g/mol. The smallest absolute Gasteiger partial charge is 0.191 e. The zero-order chi connectivity index (χ0) is 22.2. The number of methoxy groups -OCH3 is 1. The maximum Gasteiger partial charge on any atom is 0.191 e. The van der Waals surface area contributed by atoms with Gasteiger partial charge < -0.3 is 20.3 Å². The number of aryl methyl sites for hydroxylation is 1. The van der Waals surface area contributed by atoms with Gasteiger partial charge in [-0.2, -0.15) is 5.10 Å². The first kappa shape index (κ1) is 22.5. The van der Waals surface area contributed by atoms with Crippen molar-refractivity contribution in [2.75, 3.05) is 58.3 Å². The van der Waals surface area contributed by atoms with E-state index in [1.807, 2.05) is 11.7 Å². The second-order valence-electron chi connectivity index (χ2n) is 8.46. The summed E-state index contributed by atoms with van der Waals surface area (Å²) in [6.45, 7) is 7.72. The van der Waals surface area contributed by atoms with Crippen LogP contribution in [-0.4, -0.2) is 85.1 Å². The molecule has 0 aliphatic carbocycles. The van der Waals surface area contributed by atoms with Crippen LogP contribution >= 0.6 is 0 Å². The summed E-state index contributed by atoms with van der Waals surface area (Å²) in [6.07, 6.45) is 3.04. The highest BCUT2D eigenvalue weighted by Crippen LogP contribution is 2.16. The molecule has 0 spiro atoms. The van der Waals surface area contributed by atoms with E-state index >= 15 is 0 Å². The number of rotatable bonds is 8. The fourth-order valence-electron chi connectivity index (χ4n) is 4.43. The molecule has 2 aliphatic heterocycles. The number of hydrogen-bond acceptors (Lipinski definition) is 6. The van der Waals surface area contributed by atoms with Gasteiger partial charge in [0.25, 0.3) is 0 Å². The Morgan fingerprint density at radius 2 is 2.00 bits per heavy atom. The summed E-state index contributed by atoms with van der Waals surface area (Å²) in [7, 11) is 3.50. The molecule has 0 saturated carbocycles. The van der Waals surface area contributed by atoms with Crippen LogP contribution in [0.1, 0.15) is 24.5 Å². The van der Waals surface area contributed by atoms with E-state index in [0.717, 1.165) is 82.7 Å². The van der Waals surface area contributed by atoms with Gasteiger partial charge in [0, 0.05) is 65.0 Å². The van der Waals surface area contributed by atoms with E-state index < -0.39 is 0 Å². The quantitative estimate of drug-likeness (QED) is 0.362. The molecule has 1 saturated heterocycles. The number of ether oxygens (including phenoxy) is 1. The maximum absolute atomic E-state index is 5.15. The van der Waals surface area contributed by atoms with Crippen molar-refractivity contribution in [3.05, 3.63) is 42.0 Å². The van der Waals surface area contributed by atoms with Crippen LogP contribution in [0.25, 0.3) is 0 Å². The number of hydrogen-bond donors (Lipinski definition) is 2. The third-order valence-corrected chi connectivity index (χ3v) is 6.18. The maximum atomic E-state index is 5.15. The van der Waals surface area contributed by atoms with E-state index in [0.29, 0.717) is 12.6 Å². The topological polar surface area (TPSA) is 82.8 Å². The van der Waals surface area contributed by atoms with E-state index in [2.05, 4.69) is 65.8 Å². The Morgan fingerprint density at radius 3 is 2.75 bits per heavy atom. The van der Waals surface area contributed by atoms with Crippen molar-refractivity contribution in [3.63, 3.8) is 0 Å². The summed E-state index contributed by atoms with van der Waals surface area (Å²) < 4.78 is 7.15. The van der Waals surface area contributed by atoms with Crippen molar-refractivity contribution in [2.24, 2.45) is 4.99 Å². The Kier molecular flexibility index (Phi) is 7.95. The molecule has 1 fully saturated rings. The number of guanidine groups is 1. The molecule has 3 heterocycles. The van der Waals surface area contributed by atoms with Gasteiger partial charge in [0.1, 0.15) is 12.4 Å². The number of nitrogens with zero attached hydrogens (tertiary/aromatic N) is 6. The van der Waals surface area contributed by atoms with Crippen LogP contribution in [0, 0.1) is 0 Å². The first-order valence-electron chi connectivity index (χ1n) is 11.7. The lowest BCUT2D eigenvalue weighted by atomic mass is 10.1. The zero-order valence-electron chi connectivity index (χ0n) is 19.3. The third-order valence-electron chi connectivity index (χ3n) is 6.18. The molecule has 0 bridgehead atoms. The zero-order valence-corrected chi connectivity index (χ0v) is 19.3. The van der Waals surface area contributed by atoms with Crippen LogP contribution in [0.15, 0.2) is 35.3 Å². The molecule has 2 N–H and O–H groups in total. The number of benzene rings is 1. The molecule has 1 aromatic carbocycles. The van der Waals surface area contributed by atoms with Crippen molar-refractivity contribution < 1.29 is 4.74 Å². The summed E-state index contributed by atoms with van der Waals surface area (Å²) >= 11 is 0. The first-order valence-corrected chi connectivity index (χ1v) is 11.7. The third kappa shape index (κ3) is 5.98. The number of anilines is 1. The SMILES string of the molecule is CN=C(NCCCN1CCN(c2ccccc2)CC1)NC1CCc2nc(COC)nn2C1. The lowest BCUT2D eigenvalue weighted by Gasteiger charge is -2.36. The van der Waals surface area contributed by atoms with Crippen molar-refractivity contribution >= 4 is 11.6 Å². The summed E-state index contributed by atoms with van der Waals surface area (Å²) in [6, 6.07) is 11.0. The molecule has 9 nitrogen and oxygen atoms in total. The molecule has 1 aromatic heterocycles. The van der Waals surface area contributed by atoms with Gasteiger partial charge in [-0.1, -0.05) is 18.2 Å². The Hall–Kier alpha value is -2.65. The second kappa shape index (κ2) is 11.3. The summed E-state index contributed by atoms with van der Waals surface area (Å²) in [5.74, 6) is 2.67. The highest BCUT2D eigenvalue weighted by molar-refractivity contribution is 5.79. The van der Waals surface area contributed by atoms with Gasteiger partial charge in [0.15, 0.2) is 11.8 Å². The highest BCUT2D eigenvalue weighted by atomic mass is 16.5. The largest absolute Gasteiger partial charge is 0.377 e. The minimum atomic E-state index is 0.303. The minimum absolute atomic E-state index is 0.303. The van der Waals surface area contributed by atoms with Crippen molar-refractivity contribution in [3.8, 4) is 0 Å². The molecule has 174 valence electrons. The van der Waals surface area contributed by atoms with Gasteiger partial charge in [-0.3, -0.25) is 9.89 Å². The van der Waals surface area contributed by atoms with Gasteiger partial charge in [0.05, 0.1) is 6.54 Å². The summed E-state index contributed by atoms with van der Waals surface area (Å²) in [4.78, 5) is 14.0. The Balaban J connectivity index is 1.14. The normalized spacial score (nSPS) is 19.6. The van der Waals surface area contributed by atoms with Crippen LogP contribution in [0.5, 0.6) is 0 Å². The van der Waals surface area contributed by atoms with E-state index in [4.69, 9.17) is 4.74 Å². The summed E-state index contributed by atoms with van der Waals surface area (Å²) in [5.41, 5.74) is 1.33. The molecule has 4 rings (SSSR count). The predicted molar refractivity (Wildman–Crippen MR) is 127 cm³/mol. The van der Waals surface area contributed by atoms with Crippen molar-refractivity contribution in [1.29, 1.82) is 0 Å². The van der Waals surface area contributed by atoms with Crippen LogP contribution < -0.4 is 15.5 Å². The monoisotopic (exact) mass is 440 g/mol. The lowest BCUT2D eigenvalue weighted by molar-refractivity contribution is 0.177. The van der Waals surface area contributed by atoms with E-state index in [1.54, 1.807) is 7.11 Å².